The molecule has 0 unspecified atom stereocenters. The Balaban J connectivity index is 2.24. The van der Waals surface area contributed by atoms with E-state index in [4.69, 9.17) is 4.42 Å². The van der Waals surface area contributed by atoms with Crippen molar-refractivity contribution in [3.05, 3.63) is 52.7 Å². The molecular weight excluding hydrogens is 234 g/mol. The van der Waals surface area contributed by atoms with E-state index in [-0.39, 0.29) is 0 Å². The minimum absolute atomic E-state index is 0.692. The van der Waals surface area contributed by atoms with Crippen LogP contribution >= 0.6 is 11.3 Å². The molecular formula is C12H13N3OS. The highest BCUT2D eigenvalue weighted by molar-refractivity contribution is 7.07. The molecule has 0 aromatic carbocycles. The van der Waals surface area contributed by atoms with Crippen LogP contribution in [0.3, 0.4) is 0 Å². The molecule has 2 aromatic rings. The Bertz CT molecular complexity index is 575. The Hall–Kier alpha value is -1.88. The summed E-state index contributed by atoms with van der Waals surface area (Å²) in [6.07, 6.45) is 5.04. The minimum Gasteiger partial charge on any atom is -0.463 e. The summed E-state index contributed by atoms with van der Waals surface area (Å²) in [5.74, 6) is 0.692. The summed E-state index contributed by atoms with van der Waals surface area (Å²) < 4.78 is 7.18. The number of hydrogen-bond acceptors (Lipinski definition) is 4. The van der Waals surface area contributed by atoms with Gasteiger partial charge in [0.15, 0.2) is 0 Å². The lowest BCUT2D eigenvalue weighted by molar-refractivity contribution is 0.560. The monoisotopic (exact) mass is 247 g/mol. The van der Waals surface area contributed by atoms with E-state index in [9.17, 15) is 0 Å². The molecule has 0 radical (unpaired) electrons. The molecule has 2 aromatic heterocycles. The maximum Gasteiger partial charge on any atom is 0.211 e. The first-order valence-electron chi connectivity index (χ1n) is 5.17. The van der Waals surface area contributed by atoms with E-state index in [0.717, 1.165) is 17.0 Å². The summed E-state index contributed by atoms with van der Waals surface area (Å²) in [5, 5.41) is 10.2. The van der Waals surface area contributed by atoms with Gasteiger partial charge >= 0.3 is 0 Å². The summed E-state index contributed by atoms with van der Waals surface area (Å²) in [6.45, 7) is 6.50. The molecule has 88 valence electrons. The van der Waals surface area contributed by atoms with Crippen molar-refractivity contribution < 1.29 is 4.42 Å². The number of nitrogens with zero attached hydrogens (tertiary/aromatic N) is 3. The Morgan fingerprint density at radius 1 is 1.59 bits per heavy atom. The average molecular weight is 247 g/mol. The zero-order chi connectivity index (χ0) is 12.1. The zero-order valence-corrected chi connectivity index (χ0v) is 10.4. The third-order valence-corrected chi connectivity index (χ3v) is 3.15. The number of furan rings is 1. The molecule has 0 aliphatic carbocycles. The SMILES string of the molecule is C=CCn1c(C)cs/c1=N\N=C\c1ccco1. The number of aryl methyl sites for hydroxylation is 1. The molecule has 0 saturated carbocycles. The van der Waals surface area contributed by atoms with Crippen molar-refractivity contribution in [3.63, 3.8) is 0 Å². The van der Waals surface area contributed by atoms with Crippen LogP contribution in [0.4, 0.5) is 0 Å². The number of aromatic nitrogens is 1. The molecule has 0 fully saturated rings. The lowest BCUT2D eigenvalue weighted by atomic mass is 10.5. The van der Waals surface area contributed by atoms with Crippen LogP contribution in [0.25, 0.3) is 0 Å². The molecule has 0 saturated heterocycles. The molecule has 0 aliphatic rings. The third-order valence-electron chi connectivity index (χ3n) is 2.17. The van der Waals surface area contributed by atoms with Gasteiger partial charge in [0.05, 0.1) is 12.5 Å². The smallest absolute Gasteiger partial charge is 0.211 e. The largest absolute Gasteiger partial charge is 0.463 e. The number of thiazole rings is 1. The summed E-state index contributed by atoms with van der Waals surface area (Å²) in [5.41, 5.74) is 1.15. The molecule has 0 aliphatic heterocycles. The van der Waals surface area contributed by atoms with Gasteiger partial charge in [0, 0.05) is 17.6 Å². The van der Waals surface area contributed by atoms with Crippen LogP contribution in [0.1, 0.15) is 11.5 Å². The molecule has 17 heavy (non-hydrogen) atoms. The van der Waals surface area contributed by atoms with Gasteiger partial charge in [-0.25, -0.2) is 0 Å². The van der Waals surface area contributed by atoms with Crippen molar-refractivity contribution in [2.75, 3.05) is 0 Å². The second-order valence-corrected chi connectivity index (χ2v) is 4.26. The predicted molar refractivity (Wildman–Crippen MR) is 69.1 cm³/mol. The summed E-state index contributed by atoms with van der Waals surface area (Å²) in [7, 11) is 0. The fraction of sp³-hybridized carbons (Fsp3) is 0.167. The predicted octanol–water partition coefficient (Wildman–Crippen LogP) is 2.57. The summed E-state index contributed by atoms with van der Waals surface area (Å²) >= 11 is 1.56. The highest BCUT2D eigenvalue weighted by atomic mass is 32.1. The van der Waals surface area contributed by atoms with Crippen molar-refractivity contribution in [3.8, 4) is 0 Å². The van der Waals surface area contributed by atoms with E-state index in [1.807, 2.05) is 30.5 Å². The van der Waals surface area contributed by atoms with E-state index in [1.54, 1.807) is 23.8 Å². The molecule has 4 nitrogen and oxygen atoms in total. The van der Waals surface area contributed by atoms with E-state index >= 15 is 0 Å². The molecule has 2 rings (SSSR count). The Morgan fingerprint density at radius 3 is 3.18 bits per heavy atom. The molecule has 2 heterocycles. The fourth-order valence-corrected chi connectivity index (χ4v) is 2.19. The summed E-state index contributed by atoms with van der Waals surface area (Å²) in [4.78, 5) is 0.852. The van der Waals surface area contributed by atoms with Crippen molar-refractivity contribution in [1.82, 2.24) is 4.57 Å². The van der Waals surface area contributed by atoms with Gasteiger partial charge in [0.1, 0.15) is 5.76 Å². The second-order valence-electron chi connectivity index (χ2n) is 3.42. The summed E-state index contributed by atoms with van der Waals surface area (Å²) in [6, 6.07) is 3.64. The van der Waals surface area contributed by atoms with Crippen LogP contribution in [-0.4, -0.2) is 10.8 Å². The lowest BCUT2D eigenvalue weighted by Gasteiger charge is -1.98. The molecule has 0 bridgehead atoms. The van der Waals surface area contributed by atoms with Crippen molar-refractivity contribution >= 4 is 17.6 Å². The van der Waals surface area contributed by atoms with Gasteiger partial charge in [0.25, 0.3) is 0 Å². The maximum atomic E-state index is 5.13. The fourth-order valence-electron chi connectivity index (χ4n) is 1.34. The highest BCUT2D eigenvalue weighted by Crippen LogP contribution is 2.00. The van der Waals surface area contributed by atoms with Crippen molar-refractivity contribution in [2.45, 2.75) is 13.5 Å². The van der Waals surface area contributed by atoms with Gasteiger partial charge in [0.2, 0.25) is 4.80 Å². The van der Waals surface area contributed by atoms with Gasteiger partial charge in [-0.05, 0) is 19.1 Å². The van der Waals surface area contributed by atoms with E-state index in [0.29, 0.717) is 5.76 Å². The number of hydrogen-bond donors (Lipinski definition) is 0. The first-order valence-corrected chi connectivity index (χ1v) is 6.05. The van der Waals surface area contributed by atoms with E-state index in [1.165, 1.54) is 0 Å². The van der Waals surface area contributed by atoms with Gasteiger partial charge in [-0.3, -0.25) is 0 Å². The van der Waals surface area contributed by atoms with Crippen LogP contribution < -0.4 is 4.80 Å². The van der Waals surface area contributed by atoms with Crippen LogP contribution in [0.15, 0.2) is 51.1 Å². The van der Waals surface area contributed by atoms with Crippen LogP contribution in [0.2, 0.25) is 0 Å². The zero-order valence-electron chi connectivity index (χ0n) is 9.54. The van der Waals surface area contributed by atoms with E-state index < -0.39 is 0 Å². The van der Waals surface area contributed by atoms with Gasteiger partial charge in [-0.15, -0.1) is 23.0 Å². The van der Waals surface area contributed by atoms with E-state index in [2.05, 4.69) is 21.3 Å². The van der Waals surface area contributed by atoms with Gasteiger partial charge in [-0.1, -0.05) is 6.08 Å². The Kier molecular flexibility index (Phi) is 3.72. The quantitative estimate of drug-likeness (QED) is 0.465. The third kappa shape index (κ3) is 2.82. The van der Waals surface area contributed by atoms with Crippen LogP contribution in [-0.2, 0) is 6.54 Å². The topological polar surface area (TPSA) is 42.8 Å². The minimum atomic E-state index is 0.692. The highest BCUT2D eigenvalue weighted by Gasteiger charge is 1.97. The average Bonchev–Trinajstić information content (AvgIpc) is 2.93. The standard InChI is InChI=1S/C12H13N3OS/c1-3-6-15-10(2)9-17-12(15)14-13-8-11-5-4-7-16-11/h3-5,7-9H,1,6H2,2H3/b13-8+,14-12-. The maximum absolute atomic E-state index is 5.13. The van der Waals surface area contributed by atoms with Gasteiger partial charge in [-0.2, -0.15) is 5.10 Å². The molecule has 0 amide bonds. The molecule has 0 N–H and O–H groups in total. The second kappa shape index (κ2) is 5.45. The van der Waals surface area contributed by atoms with Crippen molar-refractivity contribution in [2.24, 2.45) is 10.2 Å². The first kappa shape index (κ1) is 11.6. The van der Waals surface area contributed by atoms with Crippen molar-refractivity contribution in [1.29, 1.82) is 0 Å². The molecule has 0 atom stereocenters. The number of allylic oxidation sites excluding steroid dienone is 1. The molecule has 0 spiro atoms. The Morgan fingerprint density at radius 2 is 2.47 bits per heavy atom. The lowest BCUT2D eigenvalue weighted by Crippen LogP contribution is -2.14. The molecule has 5 heteroatoms. The normalized spacial score (nSPS) is 12.4. The first-order chi connectivity index (χ1) is 8.31. The van der Waals surface area contributed by atoms with Gasteiger partial charge < -0.3 is 8.98 Å². The van der Waals surface area contributed by atoms with Crippen LogP contribution in [0, 0.1) is 6.92 Å². The Labute approximate surface area is 103 Å². The number of rotatable bonds is 4. The van der Waals surface area contributed by atoms with Crippen LogP contribution in [0.5, 0.6) is 0 Å².